The summed E-state index contributed by atoms with van der Waals surface area (Å²) in [4.78, 5) is 12.5. The summed E-state index contributed by atoms with van der Waals surface area (Å²) in [5.41, 5.74) is 12.2. The summed E-state index contributed by atoms with van der Waals surface area (Å²) in [6.45, 7) is 5.32. The molecular weight excluding hydrogens is 340 g/mol. The fourth-order valence-electron chi connectivity index (χ4n) is 4.54. The van der Waals surface area contributed by atoms with Gasteiger partial charge in [0, 0.05) is 13.0 Å². The Morgan fingerprint density at radius 1 is 1.19 bits per heavy atom. The van der Waals surface area contributed by atoms with Gasteiger partial charge < -0.3 is 11.1 Å². The monoisotopic (exact) mass is 373 g/mol. The number of hydrogen-bond donors (Lipinski definition) is 4. The summed E-state index contributed by atoms with van der Waals surface area (Å²) < 4.78 is 27.5. The maximum absolute atomic E-state index is 14.0. The zero-order chi connectivity index (χ0) is 18.8. The van der Waals surface area contributed by atoms with E-state index in [-0.39, 0.29) is 25.2 Å². The summed E-state index contributed by atoms with van der Waals surface area (Å²) >= 11 is 0. The van der Waals surface area contributed by atoms with Crippen molar-refractivity contribution in [3.63, 3.8) is 0 Å². The van der Waals surface area contributed by atoms with Crippen molar-refractivity contribution in [1.82, 2.24) is 21.3 Å². The van der Waals surface area contributed by atoms with Crippen molar-refractivity contribution in [2.24, 2.45) is 23.5 Å². The van der Waals surface area contributed by atoms with Crippen LogP contribution in [-0.4, -0.2) is 48.1 Å². The van der Waals surface area contributed by atoms with Gasteiger partial charge in [-0.15, -0.1) is 0 Å². The van der Waals surface area contributed by atoms with E-state index in [2.05, 4.69) is 30.1 Å². The maximum Gasteiger partial charge on any atom is 0.241 e. The molecule has 3 fully saturated rings. The highest BCUT2D eigenvalue weighted by molar-refractivity contribution is 5.83. The third-order valence-electron chi connectivity index (χ3n) is 6.43. The van der Waals surface area contributed by atoms with E-state index in [1.807, 2.05) is 5.01 Å². The Morgan fingerprint density at radius 2 is 1.96 bits per heavy atom. The zero-order valence-electron chi connectivity index (χ0n) is 15.8. The first-order valence-electron chi connectivity index (χ1n) is 9.97. The van der Waals surface area contributed by atoms with Crippen LogP contribution in [0.15, 0.2) is 0 Å². The number of nitrogens with two attached hydrogens (primary N) is 1. The number of nitrogens with zero attached hydrogens (tertiary/aromatic N) is 1. The number of halogens is 2. The highest BCUT2D eigenvalue weighted by atomic mass is 19.1. The fourth-order valence-corrected chi connectivity index (χ4v) is 4.54. The standard InChI is InChI=1S/C18H33F2N5O/c1-10-3-4-11(2)12(7-10)9-25-17(21)16(23-24-25)18(26)22-15-8-13(19)5-6-14(15)20/h10-17,23-24H,3-9,21H2,1-2H3,(H,22,26). The first-order chi connectivity index (χ1) is 12.3. The quantitative estimate of drug-likeness (QED) is 0.599. The van der Waals surface area contributed by atoms with Crippen LogP contribution in [0.5, 0.6) is 0 Å². The van der Waals surface area contributed by atoms with Crippen LogP contribution in [0.4, 0.5) is 8.78 Å². The number of carbonyl (C=O) groups is 1. The van der Waals surface area contributed by atoms with Gasteiger partial charge in [-0.2, -0.15) is 5.53 Å². The molecule has 26 heavy (non-hydrogen) atoms. The van der Waals surface area contributed by atoms with Gasteiger partial charge in [-0.1, -0.05) is 26.7 Å². The third kappa shape index (κ3) is 4.52. The van der Waals surface area contributed by atoms with Crippen molar-refractivity contribution in [2.45, 2.75) is 83.0 Å². The van der Waals surface area contributed by atoms with E-state index in [0.29, 0.717) is 17.8 Å². The van der Waals surface area contributed by atoms with Gasteiger partial charge in [0.1, 0.15) is 18.4 Å². The van der Waals surface area contributed by atoms with Crippen LogP contribution in [-0.2, 0) is 4.79 Å². The molecule has 1 aliphatic heterocycles. The number of hydrazine groups is 2. The van der Waals surface area contributed by atoms with Gasteiger partial charge in [0.15, 0.2) is 0 Å². The van der Waals surface area contributed by atoms with Crippen molar-refractivity contribution in [2.75, 3.05) is 6.54 Å². The lowest BCUT2D eigenvalue weighted by Gasteiger charge is -2.36. The first kappa shape index (κ1) is 19.9. The predicted molar refractivity (Wildman–Crippen MR) is 96.0 cm³/mol. The first-order valence-corrected chi connectivity index (χ1v) is 9.97. The van der Waals surface area contributed by atoms with Gasteiger partial charge in [-0.05, 0) is 37.0 Å². The van der Waals surface area contributed by atoms with Crippen LogP contribution in [0.2, 0.25) is 0 Å². The smallest absolute Gasteiger partial charge is 0.241 e. The van der Waals surface area contributed by atoms with Gasteiger partial charge in [-0.3, -0.25) is 4.79 Å². The van der Waals surface area contributed by atoms with Crippen molar-refractivity contribution >= 4 is 5.91 Å². The van der Waals surface area contributed by atoms with E-state index in [1.54, 1.807) is 0 Å². The number of carbonyl (C=O) groups excluding carboxylic acids is 1. The minimum atomic E-state index is -1.20. The van der Waals surface area contributed by atoms with Crippen LogP contribution < -0.4 is 22.0 Å². The Labute approximate surface area is 154 Å². The van der Waals surface area contributed by atoms with E-state index in [1.165, 1.54) is 12.8 Å². The Hall–Kier alpha value is -0.830. The van der Waals surface area contributed by atoms with Gasteiger partial charge in [0.2, 0.25) is 5.91 Å². The van der Waals surface area contributed by atoms with Crippen molar-refractivity contribution in [3.05, 3.63) is 0 Å². The van der Waals surface area contributed by atoms with Gasteiger partial charge in [0.05, 0.1) is 12.2 Å². The van der Waals surface area contributed by atoms with Crippen LogP contribution in [0.25, 0.3) is 0 Å². The van der Waals surface area contributed by atoms with Crippen molar-refractivity contribution in [1.29, 1.82) is 0 Å². The van der Waals surface area contributed by atoms with E-state index in [4.69, 9.17) is 5.73 Å². The number of hydrogen-bond acceptors (Lipinski definition) is 5. The second kappa shape index (κ2) is 8.46. The zero-order valence-corrected chi connectivity index (χ0v) is 15.8. The minimum Gasteiger partial charge on any atom is -0.349 e. The number of amides is 1. The maximum atomic E-state index is 14.0. The van der Waals surface area contributed by atoms with Crippen LogP contribution >= 0.6 is 0 Å². The number of alkyl halides is 2. The van der Waals surface area contributed by atoms with Crippen LogP contribution in [0.1, 0.15) is 52.4 Å². The number of nitrogens with one attached hydrogen (secondary N) is 3. The van der Waals surface area contributed by atoms with Crippen molar-refractivity contribution < 1.29 is 13.6 Å². The average Bonchev–Trinajstić information content (AvgIpc) is 2.95. The Balaban J connectivity index is 1.53. The third-order valence-corrected chi connectivity index (χ3v) is 6.43. The predicted octanol–water partition coefficient (Wildman–Crippen LogP) is 1.38. The molecule has 1 heterocycles. The Bertz CT molecular complexity index is 496. The van der Waals surface area contributed by atoms with Gasteiger partial charge in [-0.25, -0.2) is 19.2 Å². The minimum absolute atomic E-state index is 0.0312. The summed E-state index contributed by atoms with van der Waals surface area (Å²) in [5.74, 6) is 1.49. The topological polar surface area (TPSA) is 82.4 Å². The molecule has 0 bridgehead atoms. The second-order valence-electron chi connectivity index (χ2n) is 8.57. The largest absolute Gasteiger partial charge is 0.349 e. The molecule has 0 radical (unpaired) electrons. The van der Waals surface area contributed by atoms with E-state index in [9.17, 15) is 13.6 Å². The SMILES string of the molecule is CC1CCC(C)C(CN2NNC(C(=O)NC3CC(F)CCC3F)C2N)C1. The molecule has 5 N–H and O–H groups in total. The molecule has 2 aliphatic carbocycles. The molecule has 8 heteroatoms. The molecule has 8 unspecified atom stereocenters. The lowest BCUT2D eigenvalue weighted by molar-refractivity contribution is -0.125. The molecule has 8 atom stereocenters. The molecule has 6 nitrogen and oxygen atoms in total. The molecule has 3 aliphatic rings. The van der Waals surface area contributed by atoms with Crippen LogP contribution in [0, 0.1) is 17.8 Å². The summed E-state index contributed by atoms with van der Waals surface area (Å²) in [7, 11) is 0. The van der Waals surface area contributed by atoms with Crippen molar-refractivity contribution in [3.8, 4) is 0 Å². The molecule has 0 aromatic heterocycles. The lowest BCUT2D eigenvalue weighted by Crippen LogP contribution is -2.56. The molecule has 0 aromatic carbocycles. The second-order valence-corrected chi connectivity index (χ2v) is 8.57. The van der Waals surface area contributed by atoms with E-state index in [0.717, 1.165) is 13.0 Å². The Morgan fingerprint density at radius 3 is 2.73 bits per heavy atom. The molecule has 0 spiro atoms. The number of rotatable bonds is 4. The molecular formula is C18H33F2N5O. The summed E-state index contributed by atoms with van der Waals surface area (Å²) in [5, 5.41) is 4.52. The molecule has 1 amide bonds. The Kier molecular flexibility index (Phi) is 6.48. The molecule has 1 saturated heterocycles. The molecule has 0 aromatic rings. The summed E-state index contributed by atoms with van der Waals surface area (Å²) in [6.07, 6.45) is 1.26. The fraction of sp³-hybridized carbons (Fsp3) is 0.944. The lowest BCUT2D eigenvalue weighted by atomic mass is 9.75. The average molecular weight is 373 g/mol. The van der Waals surface area contributed by atoms with Gasteiger partial charge >= 0.3 is 0 Å². The normalized spacial score (nSPS) is 44.8. The van der Waals surface area contributed by atoms with Crippen LogP contribution in [0.3, 0.4) is 0 Å². The molecule has 3 rings (SSSR count). The highest BCUT2D eigenvalue weighted by Gasteiger charge is 2.40. The van der Waals surface area contributed by atoms with E-state index < -0.39 is 30.6 Å². The highest BCUT2D eigenvalue weighted by Crippen LogP contribution is 2.34. The van der Waals surface area contributed by atoms with Gasteiger partial charge in [0.25, 0.3) is 0 Å². The molecule has 150 valence electrons. The molecule has 2 saturated carbocycles. The summed E-state index contributed by atoms with van der Waals surface area (Å²) in [6, 6.07) is -1.45. The van der Waals surface area contributed by atoms with E-state index >= 15 is 0 Å².